The normalized spacial score (nSPS) is 14.6. The van der Waals surface area contributed by atoms with Crippen LogP contribution >= 0.6 is 11.3 Å². The van der Waals surface area contributed by atoms with Crippen LogP contribution in [0.1, 0.15) is 72.7 Å². The fourth-order valence-electron chi connectivity index (χ4n) is 3.83. The molecule has 3 aromatic rings. The van der Waals surface area contributed by atoms with Gasteiger partial charge in [0, 0.05) is 42.2 Å². The van der Waals surface area contributed by atoms with Crippen molar-refractivity contribution in [2.75, 3.05) is 25.1 Å². The van der Waals surface area contributed by atoms with Gasteiger partial charge in [-0.25, -0.2) is 9.78 Å². The third kappa shape index (κ3) is 6.54. The minimum atomic E-state index is -0.696. The van der Waals surface area contributed by atoms with Crippen LogP contribution in [-0.4, -0.2) is 57.0 Å². The number of esters is 1. The Hall–Kier alpha value is -3.15. The number of thiazole rings is 1. The molecule has 1 amide bonds. The Morgan fingerprint density at radius 1 is 1.31 bits per heavy atom. The predicted molar refractivity (Wildman–Crippen MR) is 137 cm³/mol. The van der Waals surface area contributed by atoms with Gasteiger partial charge in [0.05, 0.1) is 11.7 Å². The van der Waals surface area contributed by atoms with E-state index in [1.54, 1.807) is 43.2 Å². The first-order valence-electron chi connectivity index (χ1n) is 12.1. The van der Waals surface area contributed by atoms with Gasteiger partial charge in [-0.15, -0.1) is 11.3 Å². The molecule has 0 saturated carbocycles. The number of anilines is 1. The maximum Gasteiger partial charge on any atom is 0.361 e. The zero-order valence-electron chi connectivity index (χ0n) is 20.8. The van der Waals surface area contributed by atoms with Gasteiger partial charge < -0.3 is 20.5 Å². The van der Waals surface area contributed by atoms with Gasteiger partial charge in [-0.3, -0.25) is 14.5 Å². The maximum atomic E-state index is 13.1. The van der Waals surface area contributed by atoms with Gasteiger partial charge >= 0.3 is 5.97 Å². The second kappa shape index (κ2) is 11.3. The standard InChI is InChI=1S/C25H32N6O4S/c1-25(2,3)35-24(33)21-19(14-31(30-21)18-7-11-34-12-8-18)28-22(32)20-15-36-23(29-20)16-6-10-27-17(13-16)5-4-9-26/h6,10,13-15,18H,4-5,7-9,11-12,26H2,1-3H3,(H,28,32). The topological polar surface area (TPSA) is 134 Å². The molecule has 4 rings (SSSR count). The van der Waals surface area contributed by atoms with Crippen LogP contribution in [0.15, 0.2) is 29.9 Å². The van der Waals surface area contributed by atoms with Gasteiger partial charge in [-0.05, 0) is 65.1 Å². The molecule has 10 nitrogen and oxygen atoms in total. The van der Waals surface area contributed by atoms with E-state index in [2.05, 4.69) is 20.4 Å². The molecule has 0 aliphatic carbocycles. The summed E-state index contributed by atoms with van der Waals surface area (Å²) in [5, 5.41) is 9.72. The van der Waals surface area contributed by atoms with Gasteiger partial charge in [0.15, 0.2) is 5.69 Å². The first-order valence-corrected chi connectivity index (χ1v) is 12.9. The van der Waals surface area contributed by atoms with Crippen LogP contribution in [0.4, 0.5) is 5.69 Å². The summed E-state index contributed by atoms with van der Waals surface area (Å²) in [7, 11) is 0. The van der Waals surface area contributed by atoms with Crippen LogP contribution in [0.25, 0.3) is 10.6 Å². The fourth-order valence-corrected chi connectivity index (χ4v) is 4.62. The lowest BCUT2D eigenvalue weighted by Crippen LogP contribution is -2.25. The summed E-state index contributed by atoms with van der Waals surface area (Å²) < 4.78 is 12.7. The van der Waals surface area contributed by atoms with Crippen molar-refractivity contribution in [2.45, 2.75) is 58.1 Å². The van der Waals surface area contributed by atoms with Crippen molar-refractivity contribution in [3.63, 3.8) is 0 Å². The first-order chi connectivity index (χ1) is 17.2. The molecule has 36 heavy (non-hydrogen) atoms. The van der Waals surface area contributed by atoms with E-state index in [4.69, 9.17) is 15.2 Å². The summed E-state index contributed by atoms with van der Waals surface area (Å²) in [5.74, 6) is -1.02. The number of amides is 1. The molecule has 3 N–H and O–H groups in total. The Labute approximate surface area is 214 Å². The smallest absolute Gasteiger partial charge is 0.361 e. The Morgan fingerprint density at radius 2 is 2.08 bits per heavy atom. The predicted octanol–water partition coefficient (Wildman–Crippen LogP) is 3.85. The van der Waals surface area contributed by atoms with E-state index in [1.165, 1.54) is 11.3 Å². The number of pyridine rings is 1. The summed E-state index contributed by atoms with van der Waals surface area (Å²) in [6, 6.07) is 3.91. The SMILES string of the molecule is CC(C)(C)OC(=O)c1nn(C2CCOCC2)cc1NC(=O)c1csc(-c2ccnc(CCCN)c2)n1. The van der Waals surface area contributed by atoms with Crippen molar-refractivity contribution in [3.8, 4) is 10.6 Å². The van der Waals surface area contributed by atoms with E-state index in [-0.39, 0.29) is 17.4 Å². The Morgan fingerprint density at radius 3 is 2.81 bits per heavy atom. The molecule has 0 spiro atoms. The number of nitrogens with zero attached hydrogens (tertiary/aromatic N) is 4. The van der Waals surface area contributed by atoms with E-state index in [0.717, 1.165) is 36.9 Å². The Balaban J connectivity index is 1.55. The molecular formula is C25H32N6O4S. The van der Waals surface area contributed by atoms with Crippen molar-refractivity contribution >= 4 is 28.9 Å². The quantitative estimate of drug-likeness (QED) is 0.435. The summed E-state index contributed by atoms with van der Waals surface area (Å²) in [6.45, 7) is 7.21. The van der Waals surface area contributed by atoms with Crippen LogP contribution in [0.5, 0.6) is 0 Å². The van der Waals surface area contributed by atoms with Gasteiger partial charge in [-0.2, -0.15) is 5.10 Å². The van der Waals surface area contributed by atoms with Crippen molar-refractivity contribution in [1.82, 2.24) is 19.7 Å². The number of aromatic nitrogens is 4. The highest BCUT2D eigenvalue weighted by atomic mass is 32.1. The molecule has 1 fully saturated rings. The van der Waals surface area contributed by atoms with E-state index in [9.17, 15) is 9.59 Å². The number of hydrogen-bond acceptors (Lipinski definition) is 9. The van der Waals surface area contributed by atoms with Gasteiger partial charge in [0.25, 0.3) is 5.91 Å². The van der Waals surface area contributed by atoms with Crippen LogP contribution in [0, 0.1) is 0 Å². The number of carbonyl (C=O) groups excluding carboxylic acids is 2. The molecule has 3 aromatic heterocycles. The third-order valence-corrected chi connectivity index (χ3v) is 6.47. The van der Waals surface area contributed by atoms with Crippen LogP contribution < -0.4 is 11.1 Å². The minimum Gasteiger partial charge on any atom is -0.455 e. The highest BCUT2D eigenvalue weighted by Gasteiger charge is 2.27. The van der Waals surface area contributed by atoms with Crippen molar-refractivity contribution < 1.29 is 19.1 Å². The highest BCUT2D eigenvalue weighted by molar-refractivity contribution is 7.13. The summed E-state index contributed by atoms with van der Waals surface area (Å²) in [4.78, 5) is 34.9. The molecule has 0 radical (unpaired) electrons. The van der Waals surface area contributed by atoms with Crippen LogP contribution in [-0.2, 0) is 15.9 Å². The molecule has 0 unspecified atom stereocenters. The number of rotatable bonds is 8. The average molecular weight is 513 g/mol. The second-order valence-electron chi connectivity index (χ2n) is 9.64. The molecule has 1 saturated heterocycles. The largest absolute Gasteiger partial charge is 0.455 e. The number of aryl methyl sites for hydroxylation is 1. The highest BCUT2D eigenvalue weighted by Crippen LogP contribution is 2.28. The van der Waals surface area contributed by atoms with Crippen molar-refractivity contribution in [1.29, 1.82) is 0 Å². The number of nitrogens with two attached hydrogens (primary N) is 1. The van der Waals surface area contributed by atoms with Gasteiger partial charge in [0.1, 0.15) is 16.3 Å². The molecule has 4 heterocycles. The number of ether oxygens (including phenoxy) is 2. The second-order valence-corrected chi connectivity index (χ2v) is 10.5. The first kappa shape index (κ1) is 25.9. The molecule has 11 heteroatoms. The number of hydrogen-bond donors (Lipinski definition) is 2. The molecule has 0 aromatic carbocycles. The maximum absolute atomic E-state index is 13.1. The zero-order valence-corrected chi connectivity index (χ0v) is 21.6. The van der Waals surface area contributed by atoms with Gasteiger partial charge in [0.2, 0.25) is 0 Å². The minimum absolute atomic E-state index is 0.0684. The van der Waals surface area contributed by atoms with E-state index in [1.807, 2.05) is 12.1 Å². The summed E-state index contributed by atoms with van der Waals surface area (Å²) >= 11 is 1.37. The average Bonchev–Trinajstić information content (AvgIpc) is 3.50. The monoisotopic (exact) mass is 512 g/mol. The summed E-state index contributed by atoms with van der Waals surface area (Å²) in [6.07, 6.45) is 6.61. The molecule has 1 aliphatic rings. The number of carbonyl (C=O) groups is 2. The fraction of sp³-hybridized carbons (Fsp3) is 0.480. The molecule has 1 aliphatic heterocycles. The molecular weight excluding hydrogens is 480 g/mol. The third-order valence-electron chi connectivity index (χ3n) is 5.57. The van der Waals surface area contributed by atoms with Crippen molar-refractivity contribution in [3.05, 3.63) is 47.0 Å². The van der Waals surface area contributed by atoms with Crippen LogP contribution in [0.2, 0.25) is 0 Å². The molecule has 192 valence electrons. The van der Waals surface area contributed by atoms with E-state index < -0.39 is 17.5 Å². The van der Waals surface area contributed by atoms with E-state index in [0.29, 0.717) is 30.5 Å². The summed E-state index contributed by atoms with van der Waals surface area (Å²) in [5.41, 5.74) is 7.35. The van der Waals surface area contributed by atoms with E-state index >= 15 is 0 Å². The Bertz CT molecular complexity index is 1210. The lowest BCUT2D eigenvalue weighted by molar-refractivity contribution is 0.00619. The van der Waals surface area contributed by atoms with Gasteiger partial charge in [-0.1, -0.05) is 0 Å². The van der Waals surface area contributed by atoms with Crippen molar-refractivity contribution in [2.24, 2.45) is 5.73 Å². The Kier molecular flexibility index (Phi) is 8.12. The molecule has 0 atom stereocenters. The zero-order chi connectivity index (χ0) is 25.7. The lowest BCUT2D eigenvalue weighted by Gasteiger charge is -2.22. The number of nitrogens with one attached hydrogen (secondary N) is 1. The lowest BCUT2D eigenvalue weighted by atomic mass is 10.1. The molecule has 0 bridgehead atoms. The van der Waals surface area contributed by atoms with Crippen LogP contribution in [0.3, 0.4) is 0 Å².